The molecule has 2 amide bonds. The molecule has 22 heavy (non-hydrogen) atoms. The van der Waals surface area contributed by atoms with Crippen LogP contribution in [-0.4, -0.2) is 42.3 Å². The Morgan fingerprint density at radius 2 is 2.27 bits per heavy atom. The van der Waals surface area contributed by atoms with Gasteiger partial charge in [-0.05, 0) is 31.9 Å². The fourth-order valence-electron chi connectivity index (χ4n) is 2.77. The number of hydrogen-bond donors (Lipinski definition) is 2. The molecule has 0 aliphatic heterocycles. The molecular weight excluding hydrogens is 304 g/mol. The van der Waals surface area contributed by atoms with Gasteiger partial charge in [-0.15, -0.1) is 0 Å². The molecule has 2 N–H and O–H groups in total. The van der Waals surface area contributed by atoms with Crippen LogP contribution in [0.3, 0.4) is 0 Å². The summed E-state index contributed by atoms with van der Waals surface area (Å²) in [4.78, 5) is 13.9. The maximum atomic E-state index is 12.3. The number of nitrogens with one attached hydrogen (secondary N) is 1. The molecule has 2 rings (SSSR count). The summed E-state index contributed by atoms with van der Waals surface area (Å²) in [6.45, 7) is 2.87. The molecule has 0 aromatic heterocycles. The summed E-state index contributed by atoms with van der Waals surface area (Å²) >= 11 is 6.10. The van der Waals surface area contributed by atoms with Crippen molar-refractivity contribution in [3.05, 3.63) is 23.2 Å². The molecule has 6 heteroatoms. The van der Waals surface area contributed by atoms with Crippen molar-refractivity contribution >= 4 is 23.3 Å². The van der Waals surface area contributed by atoms with E-state index in [-0.39, 0.29) is 18.1 Å². The Labute approximate surface area is 136 Å². The standard InChI is InChI=1S/C16H23ClN2O3/c1-3-22-15-12(17)7-5-8-13(15)18-16(21)19(2)10-11-6-4-9-14(11)20/h5,7-8,11,14,20H,3-4,6,9-10H2,1-2H3,(H,18,21). The molecule has 0 saturated heterocycles. The lowest BCUT2D eigenvalue weighted by Gasteiger charge is -2.24. The number of ether oxygens (including phenoxy) is 1. The summed E-state index contributed by atoms with van der Waals surface area (Å²) in [5.74, 6) is 0.635. The number of carbonyl (C=O) groups is 1. The molecule has 1 saturated carbocycles. The van der Waals surface area contributed by atoms with E-state index in [4.69, 9.17) is 16.3 Å². The van der Waals surface area contributed by atoms with Crippen molar-refractivity contribution in [2.45, 2.75) is 32.3 Å². The zero-order chi connectivity index (χ0) is 16.1. The van der Waals surface area contributed by atoms with Crippen LogP contribution in [0.5, 0.6) is 5.75 Å². The summed E-state index contributed by atoms with van der Waals surface area (Å²) in [7, 11) is 1.73. The Balaban J connectivity index is 2.00. The van der Waals surface area contributed by atoms with Crippen LogP contribution in [-0.2, 0) is 0 Å². The van der Waals surface area contributed by atoms with Gasteiger partial charge in [0.1, 0.15) is 0 Å². The second-order valence-electron chi connectivity index (χ2n) is 5.62. The van der Waals surface area contributed by atoms with Gasteiger partial charge in [0.25, 0.3) is 0 Å². The third-order valence-electron chi connectivity index (χ3n) is 3.97. The van der Waals surface area contributed by atoms with Crippen LogP contribution in [0, 0.1) is 5.92 Å². The second-order valence-corrected chi connectivity index (χ2v) is 6.03. The first-order valence-electron chi connectivity index (χ1n) is 7.64. The lowest BCUT2D eigenvalue weighted by Crippen LogP contribution is -2.37. The van der Waals surface area contributed by atoms with E-state index < -0.39 is 0 Å². The second kappa shape index (κ2) is 7.70. The Hall–Kier alpha value is -1.46. The van der Waals surface area contributed by atoms with Crippen molar-refractivity contribution in [3.8, 4) is 5.75 Å². The number of rotatable bonds is 5. The van der Waals surface area contributed by atoms with Crippen LogP contribution in [0.2, 0.25) is 5.02 Å². The molecule has 0 bridgehead atoms. The number of aliphatic hydroxyl groups excluding tert-OH is 1. The Morgan fingerprint density at radius 3 is 2.91 bits per heavy atom. The van der Waals surface area contributed by atoms with Gasteiger partial charge in [-0.2, -0.15) is 0 Å². The number of anilines is 1. The molecule has 122 valence electrons. The zero-order valence-electron chi connectivity index (χ0n) is 13.0. The molecule has 5 nitrogen and oxygen atoms in total. The van der Waals surface area contributed by atoms with Crippen LogP contribution in [0.1, 0.15) is 26.2 Å². The predicted molar refractivity (Wildman–Crippen MR) is 87.6 cm³/mol. The van der Waals surface area contributed by atoms with Gasteiger partial charge in [0.05, 0.1) is 23.4 Å². The maximum Gasteiger partial charge on any atom is 0.321 e. The number of amides is 2. The summed E-state index contributed by atoms with van der Waals surface area (Å²) in [5, 5.41) is 13.2. The van der Waals surface area contributed by atoms with Gasteiger partial charge < -0.3 is 20.1 Å². The molecule has 0 heterocycles. The third kappa shape index (κ3) is 4.05. The summed E-state index contributed by atoms with van der Waals surface area (Å²) < 4.78 is 5.49. The fraction of sp³-hybridized carbons (Fsp3) is 0.562. The van der Waals surface area contributed by atoms with Crippen molar-refractivity contribution < 1.29 is 14.6 Å². The van der Waals surface area contributed by atoms with E-state index >= 15 is 0 Å². The molecule has 1 aliphatic carbocycles. The Bertz CT molecular complexity index is 524. The quantitative estimate of drug-likeness (QED) is 0.872. The van der Waals surface area contributed by atoms with Crippen molar-refractivity contribution in [1.29, 1.82) is 0 Å². The zero-order valence-corrected chi connectivity index (χ0v) is 13.8. The van der Waals surface area contributed by atoms with Crippen LogP contribution >= 0.6 is 11.6 Å². The van der Waals surface area contributed by atoms with E-state index in [0.29, 0.717) is 29.6 Å². The minimum atomic E-state index is -0.305. The molecule has 1 aromatic carbocycles. The van der Waals surface area contributed by atoms with Crippen LogP contribution in [0.4, 0.5) is 10.5 Å². The van der Waals surface area contributed by atoms with Crippen LogP contribution in [0.15, 0.2) is 18.2 Å². The average Bonchev–Trinajstić information content (AvgIpc) is 2.88. The lowest BCUT2D eigenvalue weighted by atomic mass is 10.1. The SMILES string of the molecule is CCOc1c(Cl)cccc1NC(=O)N(C)CC1CCCC1O. The van der Waals surface area contributed by atoms with Crippen molar-refractivity contribution in [3.63, 3.8) is 0 Å². The van der Waals surface area contributed by atoms with Crippen LogP contribution < -0.4 is 10.1 Å². The average molecular weight is 327 g/mol. The fourth-order valence-corrected chi connectivity index (χ4v) is 3.00. The molecule has 1 fully saturated rings. The van der Waals surface area contributed by atoms with Gasteiger partial charge in [0.15, 0.2) is 5.75 Å². The van der Waals surface area contributed by atoms with E-state index in [2.05, 4.69) is 5.32 Å². The molecule has 2 atom stereocenters. The molecule has 2 unspecified atom stereocenters. The smallest absolute Gasteiger partial charge is 0.321 e. The first kappa shape index (κ1) is 16.9. The van der Waals surface area contributed by atoms with Crippen LogP contribution in [0.25, 0.3) is 0 Å². The van der Waals surface area contributed by atoms with Gasteiger partial charge in [0, 0.05) is 19.5 Å². The molecule has 0 radical (unpaired) electrons. The summed E-state index contributed by atoms with van der Waals surface area (Å²) in [6.07, 6.45) is 2.49. The normalized spacial score (nSPS) is 20.7. The monoisotopic (exact) mass is 326 g/mol. The maximum absolute atomic E-state index is 12.3. The van der Waals surface area contributed by atoms with Crippen molar-refractivity contribution in [1.82, 2.24) is 4.90 Å². The highest BCUT2D eigenvalue weighted by atomic mass is 35.5. The highest BCUT2D eigenvalue weighted by Crippen LogP contribution is 2.33. The van der Waals surface area contributed by atoms with Crippen molar-refractivity contribution in [2.24, 2.45) is 5.92 Å². The van der Waals surface area contributed by atoms with Gasteiger partial charge >= 0.3 is 6.03 Å². The highest BCUT2D eigenvalue weighted by Gasteiger charge is 2.27. The summed E-state index contributed by atoms with van der Waals surface area (Å²) in [5.41, 5.74) is 0.554. The third-order valence-corrected chi connectivity index (χ3v) is 4.27. The molecule has 1 aliphatic rings. The molecular formula is C16H23ClN2O3. The number of aliphatic hydroxyl groups is 1. The highest BCUT2D eigenvalue weighted by molar-refractivity contribution is 6.32. The number of nitrogens with zero attached hydrogens (tertiary/aromatic N) is 1. The number of carbonyl (C=O) groups excluding carboxylic acids is 1. The topological polar surface area (TPSA) is 61.8 Å². The number of benzene rings is 1. The van der Waals surface area contributed by atoms with E-state index in [1.165, 1.54) is 0 Å². The number of hydrogen-bond acceptors (Lipinski definition) is 3. The number of para-hydroxylation sites is 1. The van der Waals surface area contributed by atoms with Gasteiger partial charge in [-0.3, -0.25) is 0 Å². The minimum absolute atomic E-state index is 0.154. The Morgan fingerprint density at radius 1 is 1.50 bits per heavy atom. The minimum Gasteiger partial charge on any atom is -0.490 e. The van der Waals surface area contributed by atoms with Crippen molar-refractivity contribution in [2.75, 3.05) is 25.5 Å². The molecule has 1 aromatic rings. The van der Waals surface area contributed by atoms with Gasteiger partial charge in [-0.1, -0.05) is 24.1 Å². The van der Waals surface area contributed by atoms with Gasteiger partial charge in [0.2, 0.25) is 0 Å². The van der Waals surface area contributed by atoms with E-state index in [1.807, 2.05) is 6.92 Å². The number of urea groups is 1. The van der Waals surface area contributed by atoms with Gasteiger partial charge in [-0.25, -0.2) is 4.79 Å². The Kier molecular flexibility index (Phi) is 5.91. The lowest BCUT2D eigenvalue weighted by molar-refractivity contribution is 0.116. The molecule has 0 spiro atoms. The number of halogens is 1. The van der Waals surface area contributed by atoms with E-state index in [1.54, 1.807) is 30.1 Å². The summed E-state index contributed by atoms with van der Waals surface area (Å²) in [6, 6.07) is 5.01. The first-order chi connectivity index (χ1) is 10.5. The first-order valence-corrected chi connectivity index (χ1v) is 8.02. The predicted octanol–water partition coefficient (Wildman–Crippen LogP) is 3.36. The van der Waals surface area contributed by atoms with E-state index in [0.717, 1.165) is 19.3 Å². The van der Waals surface area contributed by atoms with E-state index in [9.17, 15) is 9.90 Å². The largest absolute Gasteiger partial charge is 0.490 e.